The molecule has 0 aromatic heterocycles. The molecule has 0 saturated carbocycles. The quantitative estimate of drug-likeness (QED) is 0.317. The first-order valence-electron chi connectivity index (χ1n) is 5.80. The van der Waals surface area contributed by atoms with E-state index in [4.69, 9.17) is 12.3 Å². The normalized spacial score (nSPS) is 12.0. The third-order valence-corrected chi connectivity index (χ3v) is 2.73. The number of terminal acetylenes is 1. The van der Waals surface area contributed by atoms with E-state index >= 15 is 0 Å². The van der Waals surface area contributed by atoms with Crippen LogP contribution >= 0.6 is 0 Å². The molecular formula is C14H20N2. The topological polar surface area (TPSA) is 38.0 Å². The molecule has 2 nitrogen and oxygen atoms in total. The molecule has 0 aliphatic heterocycles. The highest BCUT2D eigenvalue weighted by Gasteiger charge is 2.05. The van der Waals surface area contributed by atoms with E-state index in [1.54, 1.807) is 0 Å². The van der Waals surface area contributed by atoms with Gasteiger partial charge in [0, 0.05) is 12.5 Å². The average Bonchev–Trinajstić information content (AvgIpc) is 2.35. The summed E-state index contributed by atoms with van der Waals surface area (Å²) in [6.07, 6.45) is 10.3. The maximum absolute atomic E-state index is 5.52. The lowest BCUT2D eigenvalue weighted by Crippen LogP contribution is -2.35. The van der Waals surface area contributed by atoms with Crippen LogP contribution in [0.2, 0.25) is 0 Å². The number of unbranched alkanes of at least 4 members (excludes halogenated alkanes) is 1. The Bertz CT molecular complexity index is 313. The summed E-state index contributed by atoms with van der Waals surface area (Å²) in [5.41, 5.74) is 4.22. The van der Waals surface area contributed by atoms with Gasteiger partial charge < -0.3 is 0 Å². The molecule has 1 aromatic rings. The molecule has 86 valence electrons. The summed E-state index contributed by atoms with van der Waals surface area (Å²) in [6.45, 7) is 0. The van der Waals surface area contributed by atoms with Crippen LogP contribution in [0.4, 0.5) is 0 Å². The van der Waals surface area contributed by atoms with Crippen LogP contribution in [0.1, 0.15) is 31.2 Å². The van der Waals surface area contributed by atoms with Gasteiger partial charge in [-0.05, 0) is 31.2 Å². The van der Waals surface area contributed by atoms with Crippen LogP contribution in [-0.4, -0.2) is 6.04 Å². The molecule has 0 bridgehead atoms. The minimum Gasteiger partial charge on any atom is -0.271 e. The molecule has 0 radical (unpaired) electrons. The molecular weight excluding hydrogens is 196 g/mol. The van der Waals surface area contributed by atoms with Crippen molar-refractivity contribution in [2.75, 3.05) is 0 Å². The molecule has 0 aliphatic rings. The van der Waals surface area contributed by atoms with Crippen LogP contribution in [0.25, 0.3) is 0 Å². The second-order valence-corrected chi connectivity index (χ2v) is 3.98. The van der Waals surface area contributed by atoms with Gasteiger partial charge in [-0.15, -0.1) is 12.3 Å². The van der Waals surface area contributed by atoms with Gasteiger partial charge in [0.25, 0.3) is 0 Å². The van der Waals surface area contributed by atoms with Crippen molar-refractivity contribution in [1.82, 2.24) is 5.43 Å². The van der Waals surface area contributed by atoms with Gasteiger partial charge in [0.05, 0.1) is 0 Å². The highest BCUT2D eigenvalue weighted by atomic mass is 15.2. The number of hydrazine groups is 1. The summed E-state index contributed by atoms with van der Waals surface area (Å²) in [5, 5.41) is 0. The highest BCUT2D eigenvalue weighted by Crippen LogP contribution is 2.09. The van der Waals surface area contributed by atoms with E-state index in [1.807, 2.05) is 6.07 Å². The number of aryl methyl sites for hydroxylation is 1. The van der Waals surface area contributed by atoms with Crippen molar-refractivity contribution < 1.29 is 0 Å². The van der Waals surface area contributed by atoms with Gasteiger partial charge in [-0.2, -0.15) is 0 Å². The molecule has 0 aliphatic carbocycles. The standard InChI is InChI=1S/C14H20N2/c1-2-3-5-10-14(16-15)12-11-13-8-6-4-7-9-13/h1,4,6-9,14,16H,3,5,10-12,15H2. The smallest absolute Gasteiger partial charge is 0.0214 e. The van der Waals surface area contributed by atoms with Crippen molar-refractivity contribution in [3.05, 3.63) is 35.9 Å². The van der Waals surface area contributed by atoms with Crippen LogP contribution in [0.15, 0.2) is 30.3 Å². The number of hydrogen-bond acceptors (Lipinski definition) is 2. The zero-order valence-electron chi connectivity index (χ0n) is 9.65. The molecule has 1 rings (SSSR count). The minimum absolute atomic E-state index is 0.369. The predicted molar refractivity (Wildman–Crippen MR) is 68.6 cm³/mol. The van der Waals surface area contributed by atoms with Gasteiger partial charge in [-0.25, -0.2) is 0 Å². The lowest BCUT2D eigenvalue weighted by molar-refractivity contribution is 0.454. The lowest BCUT2D eigenvalue weighted by Gasteiger charge is -2.14. The summed E-state index contributed by atoms with van der Waals surface area (Å²) in [7, 11) is 0. The SMILES string of the molecule is C#CCCCC(CCc1ccccc1)NN. The lowest BCUT2D eigenvalue weighted by atomic mass is 10.0. The highest BCUT2D eigenvalue weighted by molar-refractivity contribution is 5.14. The largest absolute Gasteiger partial charge is 0.271 e. The molecule has 16 heavy (non-hydrogen) atoms. The Morgan fingerprint density at radius 1 is 1.25 bits per heavy atom. The van der Waals surface area contributed by atoms with E-state index < -0.39 is 0 Å². The van der Waals surface area contributed by atoms with Crippen molar-refractivity contribution in [1.29, 1.82) is 0 Å². The Labute approximate surface area is 98.2 Å². The summed E-state index contributed by atoms with van der Waals surface area (Å²) in [6, 6.07) is 10.8. The Hall–Kier alpha value is -1.30. The molecule has 0 heterocycles. The second-order valence-electron chi connectivity index (χ2n) is 3.98. The van der Waals surface area contributed by atoms with Crippen molar-refractivity contribution in [3.63, 3.8) is 0 Å². The van der Waals surface area contributed by atoms with Gasteiger partial charge in [0.1, 0.15) is 0 Å². The monoisotopic (exact) mass is 216 g/mol. The van der Waals surface area contributed by atoms with Gasteiger partial charge >= 0.3 is 0 Å². The number of nitrogens with two attached hydrogens (primary N) is 1. The van der Waals surface area contributed by atoms with E-state index in [-0.39, 0.29) is 0 Å². The minimum atomic E-state index is 0.369. The summed E-state index contributed by atoms with van der Waals surface area (Å²) >= 11 is 0. The maximum atomic E-state index is 5.52. The van der Waals surface area contributed by atoms with Crippen LogP contribution in [0, 0.1) is 12.3 Å². The fourth-order valence-electron chi connectivity index (χ4n) is 1.75. The van der Waals surface area contributed by atoms with Crippen molar-refractivity contribution >= 4 is 0 Å². The molecule has 0 amide bonds. The molecule has 0 saturated heterocycles. The van der Waals surface area contributed by atoms with E-state index in [1.165, 1.54) is 5.56 Å². The molecule has 3 N–H and O–H groups in total. The van der Waals surface area contributed by atoms with Crippen LogP contribution < -0.4 is 11.3 Å². The zero-order chi connectivity index (χ0) is 11.6. The number of benzene rings is 1. The van der Waals surface area contributed by atoms with Crippen LogP contribution in [0.5, 0.6) is 0 Å². The van der Waals surface area contributed by atoms with E-state index in [0.29, 0.717) is 6.04 Å². The Morgan fingerprint density at radius 3 is 2.62 bits per heavy atom. The number of rotatable bonds is 7. The first kappa shape index (κ1) is 12.8. The van der Waals surface area contributed by atoms with Crippen molar-refractivity contribution in [2.24, 2.45) is 5.84 Å². The fourth-order valence-corrected chi connectivity index (χ4v) is 1.75. The van der Waals surface area contributed by atoms with E-state index in [9.17, 15) is 0 Å². The third kappa shape index (κ3) is 4.97. The molecule has 0 spiro atoms. The number of hydrogen-bond donors (Lipinski definition) is 2. The average molecular weight is 216 g/mol. The molecule has 1 atom stereocenters. The van der Waals surface area contributed by atoms with E-state index in [2.05, 4.69) is 35.6 Å². The second kappa shape index (κ2) is 7.92. The van der Waals surface area contributed by atoms with Gasteiger partial charge in [0.15, 0.2) is 0 Å². The maximum Gasteiger partial charge on any atom is 0.0214 e. The van der Waals surface area contributed by atoms with Crippen LogP contribution in [0.3, 0.4) is 0 Å². The summed E-state index contributed by atoms with van der Waals surface area (Å²) in [5.74, 6) is 8.17. The Balaban J connectivity index is 2.26. The fraction of sp³-hybridized carbons (Fsp3) is 0.429. The van der Waals surface area contributed by atoms with Crippen LogP contribution in [-0.2, 0) is 6.42 Å². The van der Waals surface area contributed by atoms with Crippen molar-refractivity contribution in [3.8, 4) is 12.3 Å². The number of nitrogens with one attached hydrogen (secondary N) is 1. The van der Waals surface area contributed by atoms with Gasteiger partial charge in [-0.3, -0.25) is 11.3 Å². The van der Waals surface area contributed by atoms with Crippen molar-refractivity contribution in [2.45, 2.75) is 38.1 Å². The first-order valence-corrected chi connectivity index (χ1v) is 5.80. The van der Waals surface area contributed by atoms with Gasteiger partial charge in [-0.1, -0.05) is 30.3 Å². The molecule has 0 fully saturated rings. The Kier molecular flexibility index (Phi) is 6.32. The molecule has 1 unspecified atom stereocenters. The zero-order valence-corrected chi connectivity index (χ0v) is 9.65. The first-order chi connectivity index (χ1) is 7.86. The molecule has 2 heteroatoms. The predicted octanol–water partition coefficient (Wildman–Crippen LogP) is 2.25. The Morgan fingerprint density at radius 2 is 2.00 bits per heavy atom. The molecule has 1 aromatic carbocycles. The summed E-state index contributed by atoms with van der Waals surface area (Å²) in [4.78, 5) is 0. The van der Waals surface area contributed by atoms with Gasteiger partial charge in [0.2, 0.25) is 0 Å². The van der Waals surface area contributed by atoms with E-state index in [0.717, 1.165) is 32.1 Å². The summed E-state index contributed by atoms with van der Waals surface area (Å²) < 4.78 is 0. The third-order valence-electron chi connectivity index (χ3n) is 2.73.